The Morgan fingerprint density at radius 1 is 1.19 bits per heavy atom. The molecule has 0 saturated heterocycles. The van der Waals surface area contributed by atoms with Crippen molar-refractivity contribution >= 4 is 29.3 Å². The monoisotopic (exact) mass is 396 g/mol. The topological polar surface area (TPSA) is 76.7 Å². The van der Waals surface area contributed by atoms with Gasteiger partial charge in [-0.25, -0.2) is 4.79 Å². The maximum atomic E-state index is 12.3. The number of anilines is 1. The lowest BCUT2D eigenvalue weighted by molar-refractivity contribution is -0.153. The van der Waals surface area contributed by atoms with Crippen molar-refractivity contribution in [3.8, 4) is 5.75 Å². The highest BCUT2D eigenvalue weighted by molar-refractivity contribution is 6.31. The molecule has 1 aromatic rings. The summed E-state index contributed by atoms with van der Waals surface area (Å²) < 4.78 is 46.5. The van der Waals surface area contributed by atoms with E-state index in [0.29, 0.717) is 0 Å². The van der Waals surface area contributed by atoms with Crippen molar-refractivity contribution in [3.05, 3.63) is 23.2 Å². The Morgan fingerprint density at radius 2 is 1.85 bits per heavy atom. The first-order valence-corrected chi connectivity index (χ1v) is 7.99. The van der Waals surface area contributed by atoms with E-state index in [9.17, 15) is 22.8 Å². The van der Waals surface area contributed by atoms with E-state index in [0.717, 1.165) is 0 Å². The van der Waals surface area contributed by atoms with Crippen LogP contribution in [0.5, 0.6) is 5.75 Å². The fourth-order valence-corrected chi connectivity index (χ4v) is 1.86. The molecular formula is C16H20ClF3N2O4. The van der Waals surface area contributed by atoms with E-state index in [1.165, 1.54) is 18.2 Å². The van der Waals surface area contributed by atoms with Gasteiger partial charge in [0.15, 0.2) is 6.61 Å². The van der Waals surface area contributed by atoms with Gasteiger partial charge in [-0.2, -0.15) is 13.2 Å². The number of hydrogen-bond acceptors (Lipinski definition) is 4. The van der Waals surface area contributed by atoms with Crippen LogP contribution >= 0.6 is 11.6 Å². The summed E-state index contributed by atoms with van der Waals surface area (Å²) in [6.07, 6.45) is -5.31. The molecule has 1 aromatic carbocycles. The first-order chi connectivity index (χ1) is 11.9. The largest absolute Gasteiger partial charge is 0.482 e. The maximum absolute atomic E-state index is 12.3. The second-order valence-electron chi connectivity index (χ2n) is 6.27. The van der Waals surface area contributed by atoms with Gasteiger partial charge >= 0.3 is 12.3 Å². The number of amides is 2. The number of rotatable bonds is 6. The molecule has 2 amide bonds. The summed E-state index contributed by atoms with van der Waals surface area (Å²) in [6.45, 7) is 3.57. The summed E-state index contributed by atoms with van der Waals surface area (Å²) in [5, 5.41) is 5.02. The van der Waals surface area contributed by atoms with Crippen LogP contribution in [0.3, 0.4) is 0 Å². The van der Waals surface area contributed by atoms with Gasteiger partial charge in [-0.05, 0) is 39.0 Å². The van der Waals surface area contributed by atoms with Crippen molar-refractivity contribution in [2.45, 2.75) is 39.0 Å². The molecule has 0 fully saturated rings. The van der Waals surface area contributed by atoms with Gasteiger partial charge in [0.05, 0.1) is 5.69 Å². The Balaban J connectivity index is 2.57. The Labute approximate surface area is 154 Å². The van der Waals surface area contributed by atoms with Crippen LogP contribution < -0.4 is 15.4 Å². The fourth-order valence-electron chi connectivity index (χ4n) is 1.69. The average Bonchev–Trinajstić information content (AvgIpc) is 2.43. The lowest BCUT2D eigenvalue weighted by Crippen LogP contribution is -2.34. The Morgan fingerprint density at radius 3 is 2.42 bits per heavy atom. The summed E-state index contributed by atoms with van der Waals surface area (Å²) >= 11 is 5.80. The molecule has 0 atom stereocenters. The number of alkyl carbamates (subject to hydrolysis) is 1. The molecule has 0 aromatic heterocycles. The standard InChI is InChI=1S/C16H20ClF3N2O4/c1-15(2,3)26-14(24)21-7-6-13(23)22-11-8-10(17)4-5-12(11)25-9-16(18,19)20/h4-5,8H,6-7,9H2,1-3H3,(H,21,24)(H,22,23). The number of benzene rings is 1. The van der Waals surface area contributed by atoms with Crippen LogP contribution in [0.15, 0.2) is 18.2 Å². The molecule has 10 heteroatoms. The van der Waals surface area contributed by atoms with Gasteiger partial charge < -0.3 is 20.1 Å². The predicted octanol–water partition coefficient (Wildman–Crippen LogP) is 4.13. The highest BCUT2D eigenvalue weighted by Gasteiger charge is 2.29. The normalized spacial score (nSPS) is 11.7. The third kappa shape index (κ3) is 9.36. The van der Waals surface area contributed by atoms with Crippen LogP contribution in [-0.4, -0.2) is 36.9 Å². The van der Waals surface area contributed by atoms with Crippen molar-refractivity contribution in [1.82, 2.24) is 5.32 Å². The highest BCUT2D eigenvalue weighted by Crippen LogP contribution is 2.29. The SMILES string of the molecule is CC(C)(C)OC(=O)NCCC(=O)Nc1cc(Cl)ccc1OCC(F)(F)F. The van der Waals surface area contributed by atoms with Gasteiger partial charge in [-0.1, -0.05) is 11.6 Å². The summed E-state index contributed by atoms with van der Waals surface area (Å²) in [5.41, 5.74) is -0.665. The third-order valence-electron chi connectivity index (χ3n) is 2.63. The zero-order valence-electron chi connectivity index (χ0n) is 14.5. The molecule has 0 aliphatic heterocycles. The van der Waals surface area contributed by atoms with E-state index in [4.69, 9.17) is 16.3 Å². The summed E-state index contributed by atoms with van der Waals surface area (Å²) in [5.74, 6) is -0.708. The zero-order chi connectivity index (χ0) is 20.0. The highest BCUT2D eigenvalue weighted by atomic mass is 35.5. The average molecular weight is 397 g/mol. The van der Waals surface area contributed by atoms with Crippen molar-refractivity contribution in [3.63, 3.8) is 0 Å². The smallest absolute Gasteiger partial charge is 0.422 e. The van der Waals surface area contributed by atoms with Crippen molar-refractivity contribution in [1.29, 1.82) is 0 Å². The number of hydrogen-bond donors (Lipinski definition) is 2. The van der Waals surface area contributed by atoms with Gasteiger partial charge in [0.2, 0.25) is 5.91 Å². The zero-order valence-corrected chi connectivity index (χ0v) is 15.3. The molecule has 0 aliphatic rings. The molecule has 0 unspecified atom stereocenters. The lowest BCUT2D eigenvalue weighted by Gasteiger charge is -2.19. The number of halogens is 4. The predicted molar refractivity (Wildman–Crippen MR) is 90.5 cm³/mol. The van der Waals surface area contributed by atoms with Crippen LogP contribution in [0.1, 0.15) is 27.2 Å². The van der Waals surface area contributed by atoms with Crippen molar-refractivity contribution < 1.29 is 32.2 Å². The molecule has 0 heterocycles. The van der Waals surface area contributed by atoms with E-state index >= 15 is 0 Å². The lowest BCUT2D eigenvalue weighted by atomic mass is 10.2. The van der Waals surface area contributed by atoms with E-state index < -0.39 is 30.4 Å². The molecule has 2 N–H and O–H groups in total. The van der Waals surface area contributed by atoms with Crippen molar-refractivity contribution in [2.75, 3.05) is 18.5 Å². The minimum absolute atomic E-state index is 0.00372. The summed E-state index contributed by atoms with van der Waals surface area (Å²) in [7, 11) is 0. The van der Waals surface area contributed by atoms with Gasteiger partial charge in [0.25, 0.3) is 0 Å². The number of nitrogens with one attached hydrogen (secondary N) is 2. The Bertz CT molecular complexity index is 645. The van der Waals surface area contributed by atoms with Gasteiger partial charge in [-0.15, -0.1) is 0 Å². The first-order valence-electron chi connectivity index (χ1n) is 7.61. The number of carbonyl (C=O) groups excluding carboxylic acids is 2. The molecule has 6 nitrogen and oxygen atoms in total. The number of alkyl halides is 3. The van der Waals surface area contributed by atoms with Crippen LogP contribution in [0.2, 0.25) is 5.02 Å². The maximum Gasteiger partial charge on any atom is 0.422 e. The third-order valence-corrected chi connectivity index (χ3v) is 2.86. The van der Waals surface area contributed by atoms with E-state index in [-0.39, 0.29) is 29.4 Å². The molecule has 0 bridgehead atoms. The first kappa shape index (κ1) is 21.9. The minimum Gasteiger partial charge on any atom is -0.482 e. The van der Waals surface area contributed by atoms with E-state index in [1.54, 1.807) is 20.8 Å². The van der Waals surface area contributed by atoms with E-state index in [1.807, 2.05) is 0 Å². The van der Waals surface area contributed by atoms with Gasteiger partial charge in [0.1, 0.15) is 11.4 Å². The van der Waals surface area contributed by atoms with Crippen LogP contribution in [0.25, 0.3) is 0 Å². The second kappa shape index (κ2) is 8.98. The number of carbonyl (C=O) groups is 2. The minimum atomic E-state index is -4.52. The molecular weight excluding hydrogens is 377 g/mol. The van der Waals surface area contributed by atoms with Crippen molar-refractivity contribution in [2.24, 2.45) is 0 Å². The molecule has 0 spiro atoms. The fraction of sp³-hybridized carbons (Fsp3) is 0.500. The Kier molecular flexibility index (Phi) is 7.55. The van der Waals surface area contributed by atoms with E-state index in [2.05, 4.69) is 15.4 Å². The summed E-state index contributed by atoms with van der Waals surface area (Å²) in [4.78, 5) is 23.4. The number of ether oxygens (including phenoxy) is 2. The van der Waals surface area contributed by atoms with Crippen LogP contribution in [0, 0.1) is 0 Å². The molecule has 1 rings (SSSR count). The summed E-state index contributed by atoms with van der Waals surface area (Å²) in [6, 6.07) is 3.84. The quantitative estimate of drug-likeness (QED) is 0.757. The van der Waals surface area contributed by atoms with Gasteiger partial charge in [0, 0.05) is 18.0 Å². The van der Waals surface area contributed by atoms with Crippen LogP contribution in [0.4, 0.5) is 23.7 Å². The molecule has 0 radical (unpaired) electrons. The Hall–Kier alpha value is -2.16. The molecule has 0 saturated carbocycles. The molecule has 146 valence electrons. The second-order valence-corrected chi connectivity index (χ2v) is 6.71. The van der Waals surface area contributed by atoms with Crippen LogP contribution in [-0.2, 0) is 9.53 Å². The van der Waals surface area contributed by atoms with Gasteiger partial charge in [-0.3, -0.25) is 4.79 Å². The molecule has 26 heavy (non-hydrogen) atoms. The molecule has 0 aliphatic carbocycles.